The molecule has 2 aromatic rings. The molecule has 1 aromatic heterocycles. The second-order valence-corrected chi connectivity index (χ2v) is 10.2. The molecule has 2 heterocycles. The van der Waals surface area contributed by atoms with Gasteiger partial charge in [-0.25, -0.2) is 8.57 Å². The van der Waals surface area contributed by atoms with Crippen molar-refractivity contribution in [1.82, 2.24) is 4.90 Å². The Kier molecular flexibility index (Phi) is 6.86. The molecule has 3 rings (SSSR count). The van der Waals surface area contributed by atoms with Gasteiger partial charge in [0.15, 0.2) is 6.10 Å². The van der Waals surface area contributed by atoms with Crippen LogP contribution in [0.1, 0.15) is 23.0 Å². The first-order chi connectivity index (χ1) is 14.4. The third kappa shape index (κ3) is 5.88. The van der Waals surface area contributed by atoms with E-state index >= 15 is 0 Å². The van der Waals surface area contributed by atoms with Crippen LogP contribution < -0.4 is 5.32 Å². The smallest absolute Gasteiger partial charge is 0.378 e. The molecule has 1 saturated heterocycles. The molecule has 0 amide bonds. The third-order valence-corrected chi connectivity index (χ3v) is 6.84. The fourth-order valence-electron chi connectivity index (χ4n) is 3.64. The first-order valence-electron chi connectivity index (χ1n) is 9.42. The summed E-state index contributed by atoms with van der Waals surface area (Å²) in [5, 5.41) is 3.40. The standard InChI is InChI=1S/C20H22F4N2O3S2/c1-4-17(29-31(3,27)28)19-13(10-20(22,23)24)12-6-5-7-16(18(12)30-19)25-15-8-9-26(2)11-14(15)21/h1,5-7,14-15,17,25H,8-11H2,2-3H3. The molecule has 5 nitrogen and oxygen atoms in total. The first kappa shape index (κ1) is 23.8. The van der Waals surface area contributed by atoms with Crippen LogP contribution in [-0.4, -0.2) is 58.1 Å². The van der Waals surface area contributed by atoms with Crippen molar-refractivity contribution in [2.24, 2.45) is 0 Å². The van der Waals surface area contributed by atoms with Crippen LogP contribution in [0.5, 0.6) is 0 Å². The Morgan fingerprint density at radius 3 is 2.71 bits per heavy atom. The molecule has 1 aliphatic heterocycles. The van der Waals surface area contributed by atoms with E-state index < -0.39 is 41.0 Å². The van der Waals surface area contributed by atoms with Gasteiger partial charge >= 0.3 is 6.18 Å². The Bertz CT molecular complexity index is 1090. The van der Waals surface area contributed by atoms with Gasteiger partial charge in [0.25, 0.3) is 10.1 Å². The second-order valence-electron chi connectivity index (χ2n) is 7.58. The number of nitrogens with zero attached hydrogens (tertiary/aromatic N) is 1. The molecule has 31 heavy (non-hydrogen) atoms. The predicted octanol–water partition coefficient (Wildman–Crippen LogP) is 4.11. The van der Waals surface area contributed by atoms with E-state index in [4.69, 9.17) is 10.6 Å². The molecule has 3 unspecified atom stereocenters. The van der Waals surface area contributed by atoms with Gasteiger partial charge < -0.3 is 10.2 Å². The summed E-state index contributed by atoms with van der Waals surface area (Å²) in [5.41, 5.74) is 0.340. The molecular formula is C20H22F4N2O3S2. The Balaban J connectivity index is 2.08. The van der Waals surface area contributed by atoms with Gasteiger partial charge in [-0.2, -0.15) is 21.6 Å². The van der Waals surface area contributed by atoms with Crippen molar-refractivity contribution in [3.8, 4) is 12.3 Å². The number of nitrogens with one attached hydrogen (secondary N) is 1. The molecular weight excluding hydrogens is 456 g/mol. The number of hydrogen-bond acceptors (Lipinski definition) is 6. The molecule has 1 N–H and O–H groups in total. The lowest BCUT2D eigenvalue weighted by Crippen LogP contribution is -2.46. The molecule has 3 atom stereocenters. The number of alkyl halides is 4. The molecule has 0 saturated carbocycles. The topological polar surface area (TPSA) is 58.6 Å². The number of hydrogen-bond donors (Lipinski definition) is 1. The summed E-state index contributed by atoms with van der Waals surface area (Å²) < 4.78 is 82.9. The van der Waals surface area contributed by atoms with Crippen LogP contribution in [0.25, 0.3) is 10.1 Å². The lowest BCUT2D eigenvalue weighted by atomic mass is 10.0. The number of anilines is 1. The van der Waals surface area contributed by atoms with E-state index in [1.807, 2.05) is 11.9 Å². The number of likely N-dealkylation sites (tertiary alicyclic amines) is 1. The van der Waals surface area contributed by atoms with Crippen molar-refractivity contribution in [2.75, 3.05) is 31.7 Å². The van der Waals surface area contributed by atoms with Crippen LogP contribution in [0, 0.1) is 12.3 Å². The molecule has 1 fully saturated rings. The van der Waals surface area contributed by atoms with E-state index in [0.29, 0.717) is 23.4 Å². The van der Waals surface area contributed by atoms with Crippen LogP contribution in [-0.2, 0) is 20.7 Å². The van der Waals surface area contributed by atoms with E-state index in [2.05, 4.69) is 11.2 Å². The van der Waals surface area contributed by atoms with Gasteiger partial charge in [-0.1, -0.05) is 18.1 Å². The fraction of sp³-hybridized carbons (Fsp3) is 0.500. The van der Waals surface area contributed by atoms with Crippen LogP contribution >= 0.6 is 11.3 Å². The van der Waals surface area contributed by atoms with Gasteiger partial charge in [-0.3, -0.25) is 0 Å². The zero-order valence-corrected chi connectivity index (χ0v) is 18.5. The van der Waals surface area contributed by atoms with Crippen LogP contribution in [0.15, 0.2) is 18.2 Å². The molecule has 0 radical (unpaired) electrons. The normalized spacial score (nSPS) is 21.7. The maximum absolute atomic E-state index is 14.5. The average Bonchev–Trinajstić information content (AvgIpc) is 2.99. The molecule has 11 heteroatoms. The molecule has 0 bridgehead atoms. The van der Waals surface area contributed by atoms with Crippen molar-refractivity contribution in [2.45, 2.75) is 37.3 Å². The maximum atomic E-state index is 14.5. The van der Waals surface area contributed by atoms with E-state index in [0.717, 1.165) is 17.6 Å². The summed E-state index contributed by atoms with van der Waals surface area (Å²) in [4.78, 5) is 1.86. The Labute approximate surface area is 182 Å². The van der Waals surface area contributed by atoms with Gasteiger partial charge in [-0.05, 0) is 30.5 Å². The Morgan fingerprint density at radius 2 is 2.13 bits per heavy atom. The summed E-state index contributed by atoms with van der Waals surface area (Å²) in [6.45, 7) is 0.939. The zero-order chi connectivity index (χ0) is 23.0. The van der Waals surface area contributed by atoms with Crippen LogP contribution in [0.2, 0.25) is 0 Å². The number of rotatable bonds is 6. The maximum Gasteiger partial charge on any atom is 0.393 e. The zero-order valence-electron chi connectivity index (χ0n) is 16.9. The molecule has 0 aliphatic carbocycles. The number of benzene rings is 1. The Morgan fingerprint density at radius 1 is 1.42 bits per heavy atom. The summed E-state index contributed by atoms with van der Waals surface area (Å²) in [5.74, 6) is 2.13. The average molecular weight is 479 g/mol. The van der Waals surface area contributed by atoms with Gasteiger partial charge in [0.2, 0.25) is 0 Å². The van der Waals surface area contributed by atoms with Crippen molar-refractivity contribution in [3.05, 3.63) is 28.6 Å². The number of thiophene rings is 1. The van der Waals surface area contributed by atoms with Gasteiger partial charge in [0.05, 0.1) is 34.0 Å². The predicted molar refractivity (Wildman–Crippen MR) is 114 cm³/mol. The molecule has 0 spiro atoms. The van der Waals surface area contributed by atoms with Crippen molar-refractivity contribution < 1.29 is 30.2 Å². The quantitative estimate of drug-likeness (QED) is 0.385. The highest BCUT2D eigenvalue weighted by Crippen LogP contribution is 2.43. The molecule has 1 aromatic carbocycles. The van der Waals surface area contributed by atoms with E-state index in [1.54, 1.807) is 12.1 Å². The summed E-state index contributed by atoms with van der Waals surface area (Å²) in [6, 6.07) is 4.25. The summed E-state index contributed by atoms with van der Waals surface area (Å²) in [6.07, 6.45) is -1.76. The first-order valence-corrected chi connectivity index (χ1v) is 12.1. The molecule has 1 aliphatic rings. The minimum absolute atomic E-state index is 0.00493. The van der Waals surface area contributed by atoms with Crippen molar-refractivity contribution in [3.63, 3.8) is 0 Å². The summed E-state index contributed by atoms with van der Waals surface area (Å²) >= 11 is 0.928. The van der Waals surface area contributed by atoms with E-state index in [-0.39, 0.29) is 22.4 Å². The minimum Gasteiger partial charge on any atom is -0.378 e. The van der Waals surface area contributed by atoms with Crippen molar-refractivity contribution >= 4 is 37.2 Å². The van der Waals surface area contributed by atoms with Gasteiger partial charge in [0.1, 0.15) is 6.17 Å². The third-order valence-electron chi connectivity index (χ3n) is 4.97. The Hall–Kier alpha value is -1.87. The van der Waals surface area contributed by atoms with E-state index in [1.165, 1.54) is 6.07 Å². The molecule has 170 valence electrons. The number of fused-ring (bicyclic) bond motifs is 1. The highest BCUT2D eigenvalue weighted by Gasteiger charge is 2.34. The lowest BCUT2D eigenvalue weighted by molar-refractivity contribution is -0.127. The van der Waals surface area contributed by atoms with Crippen molar-refractivity contribution in [1.29, 1.82) is 0 Å². The van der Waals surface area contributed by atoms with Gasteiger partial charge in [0, 0.05) is 13.1 Å². The number of halogens is 4. The highest BCUT2D eigenvalue weighted by molar-refractivity contribution is 7.86. The lowest BCUT2D eigenvalue weighted by Gasteiger charge is -2.33. The number of piperidine rings is 1. The fourth-order valence-corrected chi connectivity index (χ4v) is 5.49. The monoisotopic (exact) mass is 478 g/mol. The van der Waals surface area contributed by atoms with E-state index in [9.17, 15) is 26.0 Å². The SMILES string of the molecule is C#CC(OS(C)(=O)=O)c1sc2c(NC3CCN(C)CC3F)cccc2c1CC(F)(F)F. The number of terminal acetylenes is 1. The largest absolute Gasteiger partial charge is 0.393 e. The minimum atomic E-state index is -4.55. The van der Waals surface area contributed by atoms with Crippen LogP contribution in [0.3, 0.4) is 0 Å². The van der Waals surface area contributed by atoms with Gasteiger partial charge in [-0.15, -0.1) is 17.8 Å². The summed E-state index contributed by atoms with van der Waals surface area (Å²) in [7, 11) is -2.19. The second kappa shape index (κ2) is 8.94. The van der Waals surface area contributed by atoms with Crippen LogP contribution in [0.4, 0.5) is 23.2 Å². The highest BCUT2D eigenvalue weighted by atomic mass is 32.2.